The van der Waals surface area contributed by atoms with Crippen molar-refractivity contribution in [1.82, 2.24) is 9.80 Å². The minimum absolute atomic E-state index is 0.151. The van der Waals surface area contributed by atoms with E-state index in [0.29, 0.717) is 16.9 Å². The van der Waals surface area contributed by atoms with Gasteiger partial charge >= 0.3 is 0 Å². The third kappa shape index (κ3) is 12.4. The van der Waals surface area contributed by atoms with Crippen LogP contribution < -0.4 is 0 Å². The highest BCUT2D eigenvalue weighted by molar-refractivity contribution is 4.86. The molecule has 0 aromatic carbocycles. The number of nitrogens with zero attached hydrogens (tertiary/aromatic N) is 2. The number of aliphatic hydroxyl groups excluding tert-OH is 1. The first-order valence-corrected chi connectivity index (χ1v) is 12.3. The molecule has 0 aliphatic carbocycles. The normalized spacial score (nSPS) is 17.0. The van der Waals surface area contributed by atoms with Crippen molar-refractivity contribution in [1.29, 1.82) is 0 Å². The van der Waals surface area contributed by atoms with Gasteiger partial charge < -0.3 is 5.11 Å². The summed E-state index contributed by atoms with van der Waals surface area (Å²) < 4.78 is 0. The summed E-state index contributed by atoms with van der Waals surface area (Å²) in [5.74, 6) is 0.781. The average Bonchev–Trinajstić information content (AvgIpc) is 2.63. The third-order valence-corrected chi connectivity index (χ3v) is 7.08. The molecule has 29 heavy (non-hydrogen) atoms. The van der Waals surface area contributed by atoms with E-state index in [2.05, 4.69) is 86.0 Å². The molecule has 0 radical (unpaired) electrons. The van der Waals surface area contributed by atoms with Crippen molar-refractivity contribution in [2.24, 2.45) is 16.7 Å². The molecule has 0 bridgehead atoms. The zero-order chi connectivity index (χ0) is 23.5. The van der Waals surface area contributed by atoms with Crippen molar-refractivity contribution in [2.45, 2.75) is 121 Å². The zero-order valence-electron chi connectivity index (χ0n) is 22.7. The molecule has 3 nitrogen and oxygen atoms in total. The Balaban J connectivity index is 0. The summed E-state index contributed by atoms with van der Waals surface area (Å²) in [6, 6.07) is 0.660. The molecule has 0 amide bonds. The molecule has 1 fully saturated rings. The molecule has 1 rings (SSSR count). The van der Waals surface area contributed by atoms with E-state index in [4.69, 9.17) is 5.11 Å². The molecule has 178 valence electrons. The fourth-order valence-corrected chi connectivity index (χ4v) is 3.84. The third-order valence-electron chi connectivity index (χ3n) is 7.08. The maximum atomic E-state index is 9.04. The van der Waals surface area contributed by atoms with Crippen molar-refractivity contribution in [3.8, 4) is 0 Å². The highest BCUT2D eigenvalue weighted by atomic mass is 16.3. The minimum Gasteiger partial charge on any atom is -0.396 e. The number of piperazine rings is 1. The topological polar surface area (TPSA) is 26.7 Å². The average molecular weight is 415 g/mol. The van der Waals surface area contributed by atoms with Crippen LogP contribution in [-0.2, 0) is 0 Å². The van der Waals surface area contributed by atoms with Crippen LogP contribution in [0.3, 0.4) is 0 Å². The highest BCUT2D eigenvalue weighted by Gasteiger charge is 2.30. The van der Waals surface area contributed by atoms with E-state index in [1.165, 1.54) is 12.8 Å². The lowest BCUT2D eigenvalue weighted by atomic mass is 9.68. The lowest BCUT2D eigenvalue weighted by Crippen LogP contribution is -2.56. The Labute approximate surface area is 185 Å². The molecule has 0 unspecified atom stereocenters. The van der Waals surface area contributed by atoms with Crippen LogP contribution in [0.15, 0.2) is 0 Å². The Hall–Kier alpha value is -0.120. The predicted octanol–water partition coefficient (Wildman–Crippen LogP) is 6.69. The zero-order valence-corrected chi connectivity index (χ0v) is 22.7. The van der Waals surface area contributed by atoms with E-state index in [0.717, 1.165) is 38.5 Å². The largest absolute Gasteiger partial charge is 0.396 e. The standard InChI is InChI=1S/C12H26N2O.C12H26.C2H6/c1-11(2)13-6-8-14(9-7-13)12(3,4)5-10-15;1-8-11(4,5)9-12(6,7)10(2)3;1-2/h11,15H,5-10H2,1-4H3;10H,8-9H2,1-7H3;1-2H3. The summed E-state index contributed by atoms with van der Waals surface area (Å²) in [7, 11) is 0. The number of aliphatic hydroxyl groups is 1. The first-order chi connectivity index (χ1) is 13.2. The predicted molar refractivity (Wildman–Crippen MR) is 133 cm³/mol. The Morgan fingerprint density at radius 1 is 0.828 bits per heavy atom. The molecule has 1 N–H and O–H groups in total. The van der Waals surface area contributed by atoms with Crippen LogP contribution in [0.4, 0.5) is 0 Å². The van der Waals surface area contributed by atoms with E-state index in [1.54, 1.807) is 0 Å². The van der Waals surface area contributed by atoms with Gasteiger partial charge in [0.15, 0.2) is 0 Å². The van der Waals surface area contributed by atoms with Gasteiger partial charge in [-0.25, -0.2) is 0 Å². The van der Waals surface area contributed by atoms with Gasteiger partial charge in [0.2, 0.25) is 0 Å². The minimum atomic E-state index is 0.151. The quantitative estimate of drug-likeness (QED) is 0.479. The Morgan fingerprint density at radius 2 is 1.28 bits per heavy atom. The summed E-state index contributed by atoms with van der Waals surface area (Å²) in [6.07, 6.45) is 3.48. The second-order valence-electron chi connectivity index (χ2n) is 11.2. The first kappa shape index (κ1) is 31.1. The number of rotatable bonds is 8. The van der Waals surface area contributed by atoms with Gasteiger partial charge in [0.1, 0.15) is 0 Å². The Morgan fingerprint density at radius 3 is 1.59 bits per heavy atom. The number of hydrogen-bond acceptors (Lipinski definition) is 3. The molecule has 1 aliphatic heterocycles. The van der Waals surface area contributed by atoms with Crippen LogP contribution in [0.25, 0.3) is 0 Å². The lowest BCUT2D eigenvalue weighted by Gasteiger charge is -2.45. The van der Waals surface area contributed by atoms with Gasteiger partial charge in [0.05, 0.1) is 0 Å². The first-order valence-electron chi connectivity index (χ1n) is 12.3. The fourth-order valence-electron chi connectivity index (χ4n) is 3.84. The molecule has 0 atom stereocenters. The van der Waals surface area contributed by atoms with Gasteiger partial charge in [-0.3, -0.25) is 9.80 Å². The molecule has 0 spiro atoms. The smallest absolute Gasteiger partial charge is 0.0448 e. The van der Waals surface area contributed by atoms with Crippen molar-refractivity contribution < 1.29 is 5.11 Å². The van der Waals surface area contributed by atoms with Gasteiger partial charge in [-0.15, -0.1) is 0 Å². The van der Waals surface area contributed by atoms with Crippen molar-refractivity contribution >= 4 is 0 Å². The highest BCUT2D eigenvalue weighted by Crippen LogP contribution is 2.40. The van der Waals surface area contributed by atoms with Crippen LogP contribution in [0.5, 0.6) is 0 Å². The summed E-state index contributed by atoms with van der Waals surface area (Å²) in [6.45, 7) is 34.3. The van der Waals surface area contributed by atoms with Crippen molar-refractivity contribution in [3.05, 3.63) is 0 Å². The van der Waals surface area contributed by atoms with E-state index >= 15 is 0 Å². The van der Waals surface area contributed by atoms with Gasteiger partial charge in [0.25, 0.3) is 0 Å². The van der Waals surface area contributed by atoms with Crippen LogP contribution in [-0.4, -0.2) is 59.3 Å². The van der Waals surface area contributed by atoms with Crippen LogP contribution >= 0.6 is 0 Å². The maximum absolute atomic E-state index is 9.04. The van der Waals surface area contributed by atoms with Gasteiger partial charge in [0, 0.05) is 44.4 Å². The van der Waals surface area contributed by atoms with E-state index in [1.807, 2.05) is 13.8 Å². The lowest BCUT2D eigenvalue weighted by molar-refractivity contribution is 0.0274. The van der Waals surface area contributed by atoms with E-state index in [9.17, 15) is 0 Å². The number of hydrogen-bond donors (Lipinski definition) is 1. The van der Waals surface area contributed by atoms with Crippen LogP contribution in [0, 0.1) is 16.7 Å². The van der Waals surface area contributed by atoms with E-state index < -0.39 is 0 Å². The van der Waals surface area contributed by atoms with Crippen LogP contribution in [0.2, 0.25) is 0 Å². The molecular weight excluding hydrogens is 356 g/mol. The summed E-state index contributed by atoms with van der Waals surface area (Å²) in [5, 5.41) is 9.04. The molecule has 0 saturated carbocycles. The summed E-state index contributed by atoms with van der Waals surface area (Å²) in [4.78, 5) is 5.02. The van der Waals surface area contributed by atoms with E-state index in [-0.39, 0.29) is 12.1 Å². The molecule has 3 heteroatoms. The summed E-state index contributed by atoms with van der Waals surface area (Å²) >= 11 is 0. The van der Waals surface area contributed by atoms with Gasteiger partial charge in [-0.2, -0.15) is 0 Å². The second kappa shape index (κ2) is 14.0. The van der Waals surface area contributed by atoms with Crippen molar-refractivity contribution in [2.75, 3.05) is 32.8 Å². The molecular formula is C26H58N2O. The SMILES string of the molecule is CC.CC(C)N1CCN(C(C)(C)CCO)CC1.CCC(C)(C)CC(C)(C)C(C)C. The molecule has 1 aliphatic rings. The van der Waals surface area contributed by atoms with Crippen LogP contribution in [0.1, 0.15) is 109 Å². The van der Waals surface area contributed by atoms with Gasteiger partial charge in [-0.05, 0) is 57.3 Å². The molecule has 1 heterocycles. The maximum Gasteiger partial charge on any atom is 0.0448 e. The monoisotopic (exact) mass is 414 g/mol. The summed E-state index contributed by atoms with van der Waals surface area (Å²) in [5.41, 5.74) is 1.14. The van der Waals surface area contributed by atoms with Crippen molar-refractivity contribution in [3.63, 3.8) is 0 Å². The molecule has 0 aromatic heterocycles. The molecule has 1 saturated heterocycles. The van der Waals surface area contributed by atoms with Gasteiger partial charge in [-0.1, -0.05) is 68.7 Å². The second-order valence-corrected chi connectivity index (χ2v) is 11.2. The molecule has 0 aromatic rings. The Bertz CT molecular complexity index is 392. The fraction of sp³-hybridized carbons (Fsp3) is 1.00. The Kier molecular flexibility index (Phi) is 15.0.